The molecule has 0 saturated heterocycles. The van der Waals surface area contributed by atoms with Crippen LogP contribution in [0.2, 0.25) is 0 Å². The van der Waals surface area contributed by atoms with Crippen molar-refractivity contribution in [3.63, 3.8) is 0 Å². The van der Waals surface area contributed by atoms with E-state index in [4.69, 9.17) is 13.9 Å². The molecule has 2 aromatic heterocycles. The zero-order chi connectivity index (χ0) is 19.3. The molecule has 4 rings (SSSR count). The maximum Gasteiger partial charge on any atom is 0.321 e. The number of rotatable bonds is 6. The van der Waals surface area contributed by atoms with E-state index in [-0.39, 0.29) is 24.3 Å². The van der Waals surface area contributed by atoms with Crippen molar-refractivity contribution in [3.05, 3.63) is 78.3 Å². The molecular formula is C21H17N3O4. The number of carbonyl (C=O) groups is 1. The van der Waals surface area contributed by atoms with Crippen molar-refractivity contribution in [2.45, 2.75) is 6.61 Å². The van der Waals surface area contributed by atoms with E-state index in [2.05, 4.69) is 15.3 Å². The number of anilines is 1. The van der Waals surface area contributed by atoms with Crippen LogP contribution in [0.1, 0.15) is 16.1 Å². The van der Waals surface area contributed by atoms with Crippen molar-refractivity contribution in [1.29, 1.82) is 0 Å². The van der Waals surface area contributed by atoms with E-state index >= 15 is 0 Å². The lowest BCUT2D eigenvalue weighted by Gasteiger charge is -2.07. The summed E-state index contributed by atoms with van der Waals surface area (Å²) in [5.74, 6) is 0.456. The summed E-state index contributed by atoms with van der Waals surface area (Å²) in [6.07, 6.45) is 3.20. The predicted molar refractivity (Wildman–Crippen MR) is 103 cm³/mol. The number of ether oxygens (including phenoxy) is 2. The van der Waals surface area contributed by atoms with Crippen LogP contribution in [0.4, 0.5) is 5.69 Å². The first-order chi connectivity index (χ1) is 13.7. The van der Waals surface area contributed by atoms with Crippen LogP contribution in [0.3, 0.4) is 0 Å². The highest BCUT2D eigenvalue weighted by Gasteiger charge is 2.20. The van der Waals surface area contributed by atoms with Gasteiger partial charge in [-0.25, -0.2) is 9.97 Å². The number of para-hydroxylation sites is 1. The molecule has 140 valence electrons. The number of furan rings is 1. The van der Waals surface area contributed by atoms with E-state index in [1.54, 1.807) is 49.8 Å². The first kappa shape index (κ1) is 17.7. The lowest BCUT2D eigenvalue weighted by Crippen LogP contribution is -2.13. The monoisotopic (exact) mass is 375 g/mol. The fourth-order valence-corrected chi connectivity index (χ4v) is 2.81. The Hall–Kier alpha value is -3.71. The lowest BCUT2D eigenvalue weighted by molar-refractivity contribution is 0.0992. The second-order valence-corrected chi connectivity index (χ2v) is 5.95. The summed E-state index contributed by atoms with van der Waals surface area (Å²) in [7, 11) is 1.58. The largest absolute Gasteiger partial charge is 0.451 e. The third-order valence-corrected chi connectivity index (χ3v) is 4.06. The van der Waals surface area contributed by atoms with Gasteiger partial charge in [0.05, 0.1) is 6.61 Å². The Kier molecular flexibility index (Phi) is 4.99. The fourth-order valence-electron chi connectivity index (χ4n) is 2.81. The summed E-state index contributed by atoms with van der Waals surface area (Å²) in [4.78, 5) is 20.8. The summed E-state index contributed by atoms with van der Waals surface area (Å²) in [5, 5.41) is 3.70. The number of aromatic nitrogens is 2. The molecule has 7 nitrogen and oxygen atoms in total. The SMILES string of the molecule is COCc1c(C(=O)Nc2ccc(Oc3ncccn3)cc2)oc2ccccc12. The van der Waals surface area contributed by atoms with E-state index in [0.717, 1.165) is 10.9 Å². The normalized spacial score (nSPS) is 10.8. The van der Waals surface area contributed by atoms with Gasteiger partial charge in [0.15, 0.2) is 5.76 Å². The summed E-state index contributed by atoms with van der Waals surface area (Å²) >= 11 is 0. The Bertz CT molecular complexity index is 1090. The van der Waals surface area contributed by atoms with Gasteiger partial charge < -0.3 is 19.2 Å². The highest BCUT2D eigenvalue weighted by Crippen LogP contribution is 2.27. The number of amides is 1. The molecule has 0 bridgehead atoms. The zero-order valence-corrected chi connectivity index (χ0v) is 15.1. The minimum atomic E-state index is -0.344. The van der Waals surface area contributed by atoms with Crippen molar-refractivity contribution < 1.29 is 18.7 Å². The van der Waals surface area contributed by atoms with Gasteiger partial charge in [-0.15, -0.1) is 0 Å². The summed E-state index contributed by atoms with van der Waals surface area (Å²) in [5.41, 5.74) is 1.97. The highest BCUT2D eigenvalue weighted by molar-refractivity contribution is 6.06. The van der Waals surface area contributed by atoms with Gasteiger partial charge in [0.2, 0.25) is 0 Å². The predicted octanol–water partition coefficient (Wildman–Crippen LogP) is 4.41. The average Bonchev–Trinajstić information content (AvgIpc) is 3.09. The van der Waals surface area contributed by atoms with Crippen LogP contribution in [-0.2, 0) is 11.3 Å². The first-order valence-electron chi connectivity index (χ1n) is 8.60. The standard InChI is InChI=1S/C21H17N3O4/c1-26-13-17-16-5-2-3-6-18(16)28-19(17)20(25)24-14-7-9-15(10-8-14)27-21-22-11-4-12-23-21/h2-12H,13H2,1H3,(H,24,25). The number of fused-ring (bicyclic) bond motifs is 1. The van der Waals surface area contributed by atoms with E-state index < -0.39 is 0 Å². The molecule has 0 saturated carbocycles. The minimum Gasteiger partial charge on any atom is -0.451 e. The van der Waals surface area contributed by atoms with Gasteiger partial charge in [0, 0.05) is 36.1 Å². The Balaban J connectivity index is 1.52. The molecule has 0 unspecified atom stereocenters. The van der Waals surface area contributed by atoms with Crippen molar-refractivity contribution in [1.82, 2.24) is 9.97 Å². The lowest BCUT2D eigenvalue weighted by atomic mass is 10.1. The Morgan fingerprint density at radius 2 is 1.79 bits per heavy atom. The van der Waals surface area contributed by atoms with Crippen LogP contribution < -0.4 is 10.1 Å². The topological polar surface area (TPSA) is 86.5 Å². The van der Waals surface area contributed by atoms with E-state index in [1.165, 1.54) is 0 Å². The fraction of sp³-hybridized carbons (Fsp3) is 0.0952. The molecule has 0 radical (unpaired) electrons. The summed E-state index contributed by atoms with van der Waals surface area (Å²) < 4.78 is 16.5. The van der Waals surface area contributed by atoms with Crippen molar-refractivity contribution >= 4 is 22.6 Å². The number of benzene rings is 2. The van der Waals surface area contributed by atoms with Crippen LogP contribution in [0.25, 0.3) is 11.0 Å². The third kappa shape index (κ3) is 3.70. The molecular weight excluding hydrogens is 358 g/mol. The molecule has 28 heavy (non-hydrogen) atoms. The van der Waals surface area contributed by atoms with Crippen molar-refractivity contribution in [3.8, 4) is 11.8 Å². The quantitative estimate of drug-likeness (QED) is 0.537. The minimum absolute atomic E-state index is 0.237. The number of nitrogens with one attached hydrogen (secondary N) is 1. The third-order valence-electron chi connectivity index (χ3n) is 4.06. The maximum atomic E-state index is 12.7. The van der Waals surface area contributed by atoms with Crippen LogP contribution >= 0.6 is 0 Å². The smallest absolute Gasteiger partial charge is 0.321 e. The summed E-state index contributed by atoms with van der Waals surface area (Å²) in [6.45, 7) is 0.281. The Labute approximate surface area is 160 Å². The molecule has 0 spiro atoms. The summed E-state index contributed by atoms with van der Waals surface area (Å²) in [6, 6.07) is 16.4. The zero-order valence-electron chi connectivity index (χ0n) is 15.1. The van der Waals surface area contributed by atoms with Gasteiger partial charge in [-0.1, -0.05) is 18.2 Å². The molecule has 1 N–H and O–H groups in total. The van der Waals surface area contributed by atoms with Crippen LogP contribution in [0, 0.1) is 0 Å². The van der Waals surface area contributed by atoms with Gasteiger partial charge in [-0.3, -0.25) is 4.79 Å². The van der Waals surface area contributed by atoms with Gasteiger partial charge in [0.1, 0.15) is 11.3 Å². The molecule has 0 aliphatic carbocycles. The molecule has 2 heterocycles. The second-order valence-electron chi connectivity index (χ2n) is 5.95. The van der Waals surface area contributed by atoms with Crippen LogP contribution in [-0.4, -0.2) is 23.0 Å². The Morgan fingerprint density at radius 3 is 2.54 bits per heavy atom. The first-order valence-corrected chi connectivity index (χ1v) is 8.60. The average molecular weight is 375 g/mol. The molecule has 7 heteroatoms. The highest BCUT2D eigenvalue weighted by atomic mass is 16.5. The maximum absolute atomic E-state index is 12.7. The van der Waals surface area contributed by atoms with Crippen LogP contribution in [0.5, 0.6) is 11.8 Å². The molecule has 0 aliphatic rings. The van der Waals surface area contributed by atoms with Crippen LogP contribution in [0.15, 0.2) is 71.4 Å². The van der Waals surface area contributed by atoms with Gasteiger partial charge >= 0.3 is 6.01 Å². The number of carbonyl (C=O) groups excluding carboxylic acids is 1. The van der Waals surface area contributed by atoms with E-state index in [0.29, 0.717) is 17.0 Å². The van der Waals surface area contributed by atoms with E-state index in [1.807, 2.05) is 24.3 Å². The van der Waals surface area contributed by atoms with Crippen molar-refractivity contribution in [2.24, 2.45) is 0 Å². The number of methoxy groups -OCH3 is 1. The van der Waals surface area contributed by atoms with Gasteiger partial charge in [-0.05, 0) is 36.4 Å². The second kappa shape index (κ2) is 7.89. The van der Waals surface area contributed by atoms with Crippen molar-refractivity contribution in [2.75, 3.05) is 12.4 Å². The van der Waals surface area contributed by atoms with E-state index in [9.17, 15) is 4.79 Å². The molecule has 0 fully saturated rings. The number of hydrogen-bond donors (Lipinski definition) is 1. The molecule has 0 atom stereocenters. The molecule has 4 aromatic rings. The Morgan fingerprint density at radius 1 is 1.04 bits per heavy atom. The van der Waals surface area contributed by atoms with Gasteiger partial charge in [-0.2, -0.15) is 0 Å². The molecule has 1 amide bonds. The molecule has 2 aromatic carbocycles. The number of nitrogens with zero attached hydrogens (tertiary/aromatic N) is 2. The molecule has 0 aliphatic heterocycles. The van der Waals surface area contributed by atoms with Gasteiger partial charge in [0.25, 0.3) is 5.91 Å². The number of hydrogen-bond acceptors (Lipinski definition) is 6.